The lowest BCUT2D eigenvalue weighted by Crippen LogP contribution is -2.16. The smallest absolute Gasteiger partial charge is 0.324 e. The molecule has 1 rings (SSSR count). The van der Waals surface area contributed by atoms with Crippen molar-refractivity contribution in [3.63, 3.8) is 0 Å². The lowest BCUT2D eigenvalue weighted by molar-refractivity contribution is -0.137. The summed E-state index contributed by atoms with van der Waals surface area (Å²) in [5.74, 6) is 0. The van der Waals surface area contributed by atoms with E-state index in [2.05, 4.69) is 6.58 Å². The third-order valence-corrected chi connectivity index (χ3v) is 2.77. The van der Waals surface area contributed by atoms with Crippen LogP contribution in [0, 0.1) is 6.92 Å². The summed E-state index contributed by atoms with van der Waals surface area (Å²) < 4.78 is 37.9. The predicted octanol–water partition coefficient (Wildman–Crippen LogP) is 3.85. The lowest BCUT2D eigenvalue weighted by Gasteiger charge is -2.11. The first-order chi connectivity index (χ1) is 8.32. The number of benzene rings is 1. The van der Waals surface area contributed by atoms with E-state index in [1.807, 2.05) is 0 Å². The maximum Gasteiger partial charge on any atom is 0.416 e. The molecule has 100 valence electrons. The number of alkyl halides is 3. The second-order valence-corrected chi connectivity index (χ2v) is 4.50. The molecule has 0 heterocycles. The SMILES string of the molecule is C=C[C@H](N)CCCc1cc(C)cc(C(F)(F)F)c1. The average Bonchev–Trinajstić information content (AvgIpc) is 2.27. The molecule has 0 amide bonds. The van der Waals surface area contributed by atoms with Crippen molar-refractivity contribution in [3.05, 3.63) is 47.5 Å². The molecule has 18 heavy (non-hydrogen) atoms. The molecule has 0 saturated carbocycles. The zero-order valence-electron chi connectivity index (χ0n) is 10.4. The first kappa shape index (κ1) is 14.8. The van der Waals surface area contributed by atoms with Crippen LogP contribution in [-0.2, 0) is 12.6 Å². The summed E-state index contributed by atoms with van der Waals surface area (Å²) in [7, 11) is 0. The second-order valence-electron chi connectivity index (χ2n) is 4.50. The standard InChI is InChI=1S/C14H18F3N/c1-3-13(18)6-4-5-11-7-10(2)8-12(9-11)14(15,16)17/h3,7-9,13H,1,4-6,18H2,2H3/t13-/m0/s1. The van der Waals surface area contributed by atoms with Crippen molar-refractivity contribution in [1.82, 2.24) is 0 Å². The molecule has 1 nitrogen and oxygen atoms in total. The van der Waals surface area contributed by atoms with E-state index >= 15 is 0 Å². The summed E-state index contributed by atoms with van der Waals surface area (Å²) in [5, 5.41) is 0. The highest BCUT2D eigenvalue weighted by atomic mass is 19.4. The minimum absolute atomic E-state index is 0.0862. The molecule has 0 aliphatic carbocycles. The van der Waals surface area contributed by atoms with Crippen LogP contribution in [-0.4, -0.2) is 6.04 Å². The van der Waals surface area contributed by atoms with Gasteiger partial charge in [0.05, 0.1) is 5.56 Å². The van der Waals surface area contributed by atoms with E-state index in [1.54, 1.807) is 19.1 Å². The van der Waals surface area contributed by atoms with Crippen LogP contribution in [0.1, 0.15) is 29.5 Å². The summed E-state index contributed by atoms with van der Waals surface area (Å²) in [4.78, 5) is 0. The molecule has 0 spiro atoms. The highest BCUT2D eigenvalue weighted by molar-refractivity contribution is 5.31. The number of hydrogen-bond acceptors (Lipinski definition) is 1. The molecule has 0 radical (unpaired) electrons. The van der Waals surface area contributed by atoms with Crippen LogP contribution in [0.4, 0.5) is 13.2 Å². The molecule has 2 N–H and O–H groups in total. The highest BCUT2D eigenvalue weighted by Crippen LogP contribution is 2.30. The fourth-order valence-electron chi connectivity index (χ4n) is 1.83. The predicted molar refractivity (Wildman–Crippen MR) is 67.3 cm³/mol. The second kappa shape index (κ2) is 6.05. The van der Waals surface area contributed by atoms with Gasteiger partial charge < -0.3 is 5.73 Å². The Morgan fingerprint density at radius 1 is 1.33 bits per heavy atom. The third kappa shape index (κ3) is 4.53. The van der Waals surface area contributed by atoms with Crippen LogP contribution >= 0.6 is 0 Å². The fourth-order valence-corrected chi connectivity index (χ4v) is 1.83. The van der Waals surface area contributed by atoms with Crippen molar-refractivity contribution in [2.45, 2.75) is 38.4 Å². The van der Waals surface area contributed by atoms with Crippen molar-refractivity contribution in [2.24, 2.45) is 5.73 Å². The molecule has 4 heteroatoms. The topological polar surface area (TPSA) is 26.0 Å². The van der Waals surface area contributed by atoms with Gasteiger partial charge in [-0.1, -0.05) is 17.7 Å². The third-order valence-electron chi connectivity index (χ3n) is 2.77. The van der Waals surface area contributed by atoms with E-state index in [9.17, 15) is 13.2 Å². The van der Waals surface area contributed by atoms with Gasteiger partial charge >= 0.3 is 6.18 Å². The van der Waals surface area contributed by atoms with Crippen LogP contribution in [0.25, 0.3) is 0 Å². The highest BCUT2D eigenvalue weighted by Gasteiger charge is 2.30. The molecule has 0 aromatic heterocycles. The Kier molecular flexibility index (Phi) is 4.96. The number of hydrogen-bond donors (Lipinski definition) is 1. The van der Waals surface area contributed by atoms with Crippen molar-refractivity contribution < 1.29 is 13.2 Å². The van der Waals surface area contributed by atoms with Crippen molar-refractivity contribution in [1.29, 1.82) is 0 Å². The Balaban J connectivity index is 2.72. The molecule has 0 unspecified atom stereocenters. The largest absolute Gasteiger partial charge is 0.416 e. The summed E-state index contributed by atoms with van der Waals surface area (Å²) in [6.45, 7) is 5.25. The summed E-state index contributed by atoms with van der Waals surface area (Å²) in [6.07, 6.45) is -0.533. The van der Waals surface area contributed by atoms with Crippen molar-refractivity contribution >= 4 is 0 Å². The summed E-state index contributed by atoms with van der Waals surface area (Å²) >= 11 is 0. The fraction of sp³-hybridized carbons (Fsp3) is 0.429. The zero-order valence-corrected chi connectivity index (χ0v) is 10.4. The summed E-state index contributed by atoms with van der Waals surface area (Å²) in [6, 6.07) is 4.08. The normalized spacial score (nSPS) is 13.4. The minimum Gasteiger partial charge on any atom is -0.324 e. The Labute approximate surface area is 105 Å². The van der Waals surface area contributed by atoms with Gasteiger partial charge in [-0.05, 0) is 43.9 Å². The van der Waals surface area contributed by atoms with Crippen molar-refractivity contribution in [2.75, 3.05) is 0 Å². The van der Waals surface area contributed by atoms with Gasteiger partial charge in [-0.25, -0.2) is 0 Å². The Hall–Kier alpha value is -1.29. The van der Waals surface area contributed by atoms with Crippen LogP contribution in [0.3, 0.4) is 0 Å². The van der Waals surface area contributed by atoms with Gasteiger partial charge in [-0.15, -0.1) is 6.58 Å². The molecular formula is C14H18F3N. The number of halogens is 3. The number of nitrogens with two attached hydrogens (primary N) is 1. The Bertz CT molecular complexity index is 410. The van der Waals surface area contributed by atoms with E-state index in [0.717, 1.165) is 12.8 Å². The number of aryl methyl sites for hydroxylation is 2. The molecule has 1 aromatic carbocycles. The Morgan fingerprint density at radius 3 is 2.56 bits per heavy atom. The molecule has 0 saturated heterocycles. The zero-order chi connectivity index (χ0) is 13.8. The van der Waals surface area contributed by atoms with Gasteiger partial charge in [0.2, 0.25) is 0 Å². The molecule has 0 aliphatic rings. The molecule has 1 atom stereocenters. The van der Waals surface area contributed by atoms with Gasteiger partial charge in [-0.3, -0.25) is 0 Å². The molecule has 0 aliphatic heterocycles. The first-order valence-corrected chi connectivity index (χ1v) is 5.89. The van der Waals surface area contributed by atoms with Crippen LogP contribution in [0.5, 0.6) is 0 Å². The van der Waals surface area contributed by atoms with E-state index in [1.165, 1.54) is 12.1 Å². The van der Waals surface area contributed by atoms with Gasteiger partial charge in [-0.2, -0.15) is 13.2 Å². The van der Waals surface area contributed by atoms with Gasteiger partial charge in [0, 0.05) is 6.04 Å². The lowest BCUT2D eigenvalue weighted by atomic mass is 10.0. The molecular weight excluding hydrogens is 239 g/mol. The number of rotatable bonds is 5. The minimum atomic E-state index is -4.28. The average molecular weight is 257 g/mol. The van der Waals surface area contributed by atoms with E-state index in [-0.39, 0.29) is 6.04 Å². The summed E-state index contributed by atoms with van der Waals surface area (Å²) in [5.41, 5.74) is 6.43. The van der Waals surface area contributed by atoms with E-state index in [4.69, 9.17) is 5.73 Å². The van der Waals surface area contributed by atoms with Crippen LogP contribution in [0.15, 0.2) is 30.9 Å². The van der Waals surface area contributed by atoms with Crippen molar-refractivity contribution in [3.8, 4) is 0 Å². The van der Waals surface area contributed by atoms with E-state index < -0.39 is 11.7 Å². The van der Waals surface area contributed by atoms with Crippen LogP contribution < -0.4 is 5.73 Å². The molecule has 0 bridgehead atoms. The molecule has 1 aromatic rings. The van der Waals surface area contributed by atoms with Crippen LogP contribution in [0.2, 0.25) is 0 Å². The first-order valence-electron chi connectivity index (χ1n) is 5.89. The van der Waals surface area contributed by atoms with Gasteiger partial charge in [0.1, 0.15) is 0 Å². The van der Waals surface area contributed by atoms with Gasteiger partial charge in [0.25, 0.3) is 0 Å². The maximum absolute atomic E-state index is 12.6. The maximum atomic E-state index is 12.6. The Morgan fingerprint density at radius 2 is 2.00 bits per heavy atom. The molecule has 0 fully saturated rings. The van der Waals surface area contributed by atoms with E-state index in [0.29, 0.717) is 17.5 Å². The quantitative estimate of drug-likeness (QED) is 0.797. The monoisotopic (exact) mass is 257 g/mol. The van der Waals surface area contributed by atoms with Gasteiger partial charge in [0.15, 0.2) is 0 Å².